The van der Waals surface area contributed by atoms with Crippen molar-refractivity contribution in [2.75, 3.05) is 0 Å². The van der Waals surface area contributed by atoms with Crippen molar-refractivity contribution in [3.05, 3.63) is 60.2 Å². The molecule has 2 fully saturated rings. The summed E-state index contributed by atoms with van der Waals surface area (Å²) in [5, 5.41) is 3.25. The highest BCUT2D eigenvalue weighted by atomic mass is 19.1. The molecule has 2 aromatic rings. The summed E-state index contributed by atoms with van der Waals surface area (Å²) in [5.74, 6) is 1.44. The van der Waals surface area contributed by atoms with Crippen molar-refractivity contribution in [2.24, 2.45) is 17.8 Å². The van der Waals surface area contributed by atoms with Gasteiger partial charge in [-0.1, -0.05) is 43.5 Å². The van der Waals surface area contributed by atoms with E-state index in [1.54, 1.807) is 19.2 Å². The van der Waals surface area contributed by atoms with Crippen LogP contribution in [-0.2, 0) is 4.79 Å². The van der Waals surface area contributed by atoms with Crippen LogP contribution >= 0.6 is 0 Å². The summed E-state index contributed by atoms with van der Waals surface area (Å²) in [7, 11) is 0. The zero-order valence-corrected chi connectivity index (χ0v) is 17.2. The fourth-order valence-electron chi connectivity index (χ4n) is 5.55. The molecule has 152 valence electrons. The van der Waals surface area contributed by atoms with Gasteiger partial charge in [-0.05, 0) is 61.4 Å². The standard InChI is InChI=1S/C25H29FN2O/c1-17(29)28-25(2)15-19-6-3-4-9-23(19)24(25)13-12-22-11-10-20(16-27-22)18-7-5-8-21(26)14-18/h5,7-8,10-14,16,19,23-24H,3-4,6,9,15H2,1-2H3,(H,28,29)/t19-,23-,24+,25+/m1/s1. The summed E-state index contributed by atoms with van der Waals surface area (Å²) >= 11 is 0. The predicted octanol–water partition coefficient (Wildman–Crippen LogP) is 5.62. The van der Waals surface area contributed by atoms with E-state index in [4.69, 9.17) is 0 Å². The van der Waals surface area contributed by atoms with Crippen LogP contribution in [-0.4, -0.2) is 16.4 Å². The Kier molecular flexibility index (Phi) is 5.53. The lowest BCUT2D eigenvalue weighted by Crippen LogP contribution is -2.48. The number of hydrogen-bond donors (Lipinski definition) is 1. The molecule has 2 aliphatic carbocycles. The first-order valence-electron chi connectivity index (χ1n) is 10.6. The fraction of sp³-hybridized carbons (Fsp3) is 0.440. The zero-order chi connectivity index (χ0) is 20.4. The number of benzene rings is 1. The Morgan fingerprint density at radius 3 is 2.76 bits per heavy atom. The van der Waals surface area contributed by atoms with Gasteiger partial charge in [0.25, 0.3) is 0 Å². The second kappa shape index (κ2) is 8.10. The molecule has 1 heterocycles. The van der Waals surface area contributed by atoms with Gasteiger partial charge < -0.3 is 5.32 Å². The Hall–Kier alpha value is -2.49. The van der Waals surface area contributed by atoms with E-state index in [9.17, 15) is 9.18 Å². The first kappa shape index (κ1) is 19.8. The maximum absolute atomic E-state index is 13.5. The molecular weight excluding hydrogens is 363 g/mol. The molecule has 2 saturated carbocycles. The molecule has 0 radical (unpaired) electrons. The number of pyridine rings is 1. The molecule has 3 nitrogen and oxygen atoms in total. The van der Waals surface area contributed by atoms with Gasteiger partial charge in [0.05, 0.1) is 5.69 Å². The van der Waals surface area contributed by atoms with E-state index in [0.717, 1.165) is 23.2 Å². The van der Waals surface area contributed by atoms with Crippen LogP contribution in [0.25, 0.3) is 17.2 Å². The van der Waals surface area contributed by atoms with Crippen LogP contribution in [0.4, 0.5) is 4.39 Å². The number of hydrogen-bond acceptors (Lipinski definition) is 2. The van der Waals surface area contributed by atoms with E-state index in [1.807, 2.05) is 18.2 Å². The molecule has 1 aromatic heterocycles. The van der Waals surface area contributed by atoms with Crippen molar-refractivity contribution >= 4 is 12.0 Å². The van der Waals surface area contributed by atoms with Crippen molar-refractivity contribution in [1.29, 1.82) is 0 Å². The maximum Gasteiger partial charge on any atom is 0.217 e. The summed E-state index contributed by atoms with van der Waals surface area (Å²) in [6.45, 7) is 3.81. The Balaban J connectivity index is 1.55. The zero-order valence-electron chi connectivity index (χ0n) is 17.2. The quantitative estimate of drug-likeness (QED) is 0.733. The summed E-state index contributed by atoms with van der Waals surface area (Å²) < 4.78 is 13.5. The molecule has 2 aliphatic rings. The maximum atomic E-state index is 13.5. The van der Waals surface area contributed by atoms with Crippen molar-refractivity contribution in [1.82, 2.24) is 10.3 Å². The molecule has 1 N–H and O–H groups in total. The first-order chi connectivity index (χ1) is 13.9. The lowest BCUT2D eigenvalue weighted by atomic mass is 9.76. The third-order valence-electron chi connectivity index (χ3n) is 6.73. The van der Waals surface area contributed by atoms with Gasteiger partial charge in [0.2, 0.25) is 5.91 Å². The van der Waals surface area contributed by atoms with Crippen LogP contribution < -0.4 is 5.32 Å². The van der Waals surface area contributed by atoms with Gasteiger partial charge in [0.15, 0.2) is 0 Å². The number of nitrogens with zero attached hydrogens (tertiary/aromatic N) is 1. The van der Waals surface area contributed by atoms with E-state index in [2.05, 4.69) is 29.4 Å². The van der Waals surface area contributed by atoms with Gasteiger partial charge in [0, 0.05) is 30.1 Å². The fourth-order valence-corrected chi connectivity index (χ4v) is 5.55. The highest BCUT2D eigenvalue weighted by Gasteiger charge is 2.50. The van der Waals surface area contributed by atoms with Gasteiger partial charge >= 0.3 is 0 Å². The number of halogens is 1. The van der Waals surface area contributed by atoms with Crippen LogP contribution in [0, 0.1) is 23.6 Å². The van der Waals surface area contributed by atoms with E-state index in [-0.39, 0.29) is 17.3 Å². The van der Waals surface area contributed by atoms with Crippen molar-refractivity contribution in [3.63, 3.8) is 0 Å². The predicted molar refractivity (Wildman–Crippen MR) is 114 cm³/mol. The number of rotatable bonds is 4. The third-order valence-corrected chi connectivity index (χ3v) is 6.73. The topological polar surface area (TPSA) is 42.0 Å². The van der Waals surface area contributed by atoms with Gasteiger partial charge in [-0.15, -0.1) is 0 Å². The van der Waals surface area contributed by atoms with Crippen LogP contribution in [0.5, 0.6) is 0 Å². The largest absolute Gasteiger partial charge is 0.351 e. The second-order valence-corrected chi connectivity index (χ2v) is 8.88. The Bertz CT molecular complexity index is 907. The molecule has 0 unspecified atom stereocenters. The average molecular weight is 393 g/mol. The summed E-state index contributed by atoms with van der Waals surface area (Å²) in [6, 6.07) is 10.5. The molecule has 1 amide bonds. The normalized spacial score (nSPS) is 29.0. The molecule has 4 rings (SSSR count). The van der Waals surface area contributed by atoms with E-state index >= 15 is 0 Å². The molecule has 4 heteroatoms. The average Bonchev–Trinajstić information content (AvgIpc) is 2.97. The van der Waals surface area contributed by atoms with Crippen molar-refractivity contribution < 1.29 is 9.18 Å². The summed E-state index contributed by atoms with van der Waals surface area (Å²) in [4.78, 5) is 16.4. The number of carbonyl (C=O) groups excluding carboxylic acids is 1. The van der Waals surface area contributed by atoms with Crippen molar-refractivity contribution in [2.45, 2.75) is 51.5 Å². The lowest BCUT2D eigenvalue weighted by Gasteiger charge is -2.33. The number of nitrogens with one attached hydrogen (secondary N) is 1. The van der Waals surface area contributed by atoms with Gasteiger partial charge in [-0.25, -0.2) is 4.39 Å². The molecular formula is C25H29FN2O. The van der Waals surface area contributed by atoms with E-state index in [1.165, 1.54) is 37.8 Å². The highest BCUT2D eigenvalue weighted by Crippen LogP contribution is 2.51. The minimum atomic E-state index is -0.244. The minimum Gasteiger partial charge on any atom is -0.351 e. The summed E-state index contributed by atoms with van der Waals surface area (Å²) in [5.41, 5.74) is 2.42. The van der Waals surface area contributed by atoms with Gasteiger partial charge in [-0.3, -0.25) is 9.78 Å². The SMILES string of the molecule is CC(=O)N[C@@]1(C)C[C@H]2CCCC[C@H]2[C@@H]1C=Cc1ccc(-c2cccc(F)c2)cn1. The van der Waals surface area contributed by atoms with Gasteiger partial charge in [-0.2, -0.15) is 0 Å². The summed E-state index contributed by atoms with van der Waals surface area (Å²) in [6.07, 6.45) is 12.3. The van der Waals surface area contributed by atoms with Crippen LogP contribution in [0.1, 0.15) is 51.6 Å². The molecule has 29 heavy (non-hydrogen) atoms. The highest BCUT2D eigenvalue weighted by molar-refractivity contribution is 5.74. The molecule has 1 aromatic carbocycles. The van der Waals surface area contributed by atoms with Crippen LogP contribution in [0.3, 0.4) is 0 Å². The second-order valence-electron chi connectivity index (χ2n) is 8.88. The molecule has 0 aliphatic heterocycles. The number of carbonyl (C=O) groups is 1. The van der Waals surface area contributed by atoms with Crippen LogP contribution in [0.2, 0.25) is 0 Å². The Morgan fingerprint density at radius 1 is 1.21 bits per heavy atom. The van der Waals surface area contributed by atoms with Crippen molar-refractivity contribution in [3.8, 4) is 11.1 Å². The smallest absolute Gasteiger partial charge is 0.217 e. The van der Waals surface area contributed by atoms with E-state index in [0.29, 0.717) is 17.8 Å². The third kappa shape index (κ3) is 4.26. The minimum absolute atomic E-state index is 0.0436. The monoisotopic (exact) mass is 392 g/mol. The Morgan fingerprint density at radius 2 is 2.03 bits per heavy atom. The number of fused-ring (bicyclic) bond motifs is 1. The molecule has 4 atom stereocenters. The van der Waals surface area contributed by atoms with Crippen LogP contribution in [0.15, 0.2) is 48.7 Å². The first-order valence-corrected chi connectivity index (χ1v) is 10.6. The Labute approximate surface area is 172 Å². The molecule has 0 spiro atoms. The molecule has 0 bridgehead atoms. The number of amides is 1. The lowest BCUT2D eigenvalue weighted by molar-refractivity contribution is -0.121. The number of aromatic nitrogens is 1. The van der Waals surface area contributed by atoms with E-state index < -0.39 is 0 Å². The van der Waals surface area contributed by atoms with Gasteiger partial charge in [0.1, 0.15) is 5.82 Å². The molecule has 0 saturated heterocycles.